The number of furan rings is 1. The van der Waals surface area contributed by atoms with Crippen LogP contribution in [0, 0.1) is 0 Å². The Kier molecular flexibility index (Phi) is 7.93. The first kappa shape index (κ1) is 34.4. The zero-order valence-electron chi connectivity index (χ0n) is 32.3. The van der Waals surface area contributed by atoms with E-state index in [2.05, 4.69) is 194 Å². The van der Waals surface area contributed by atoms with Gasteiger partial charge in [-0.05, 0) is 73.1 Å². The summed E-state index contributed by atoms with van der Waals surface area (Å²) in [5.74, 6) is 0. The summed E-state index contributed by atoms with van der Waals surface area (Å²) in [6, 6.07) is 73.1. The second-order valence-corrected chi connectivity index (χ2v) is 23.9. The van der Waals surface area contributed by atoms with Gasteiger partial charge >= 0.3 is 0 Å². The summed E-state index contributed by atoms with van der Waals surface area (Å²) in [6.07, 6.45) is 0. The Bertz CT molecular complexity index is 3000. The first-order valence-electron chi connectivity index (χ1n) is 19.9. The molecule has 8 aromatic carbocycles. The summed E-state index contributed by atoms with van der Waals surface area (Å²) in [4.78, 5) is 12.6. The molecule has 0 amide bonds. The molecule has 0 radical (unpaired) electrons. The summed E-state index contributed by atoms with van der Waals surface area (Å²) in [6.45, 7) is 4.93. The van der Waals surface area contributed by atoms with Crippen molar-refractivity contribution in [2.24, 2.45) is 0 Å². The van der Waals surface area contributed by atoms with Crippen LogP contribution in [0.3, 0.4) is 0 Å². The van der Waals surface area contributed by atoms with Crippen molar-refractivity contribution < 1.29 is 4.42 Å². The van der Waals surface area contributed by atoms with Gasteiger partial charge in [-0.2, -0.15) is 0 Å². The van der Waals surface area contributed by atoms with Gasteiger partial charge in [0.05, 0.1) is 16.4 Å². The Balaban J connectivity index is 1.17. The molecule has 58 heavy (non-hydrogen) atoms. The van der Waals surface area contributed by atoms with E-state index in [9.17, 15) is 0 Å². The lowest BCUT2D eigenvalue weighted by atomic mass is 10.0. The van der Waals surface area contributed by atoms with E-state index in [1.54, 1.807) is 0 Å². The molecule has 276 valence electrons. The third-order valence-corrected chi connectivity index (χ3v) is 20.5. The summed E-state index contributed by atoms with van der Waals surface area (Å²) < 4.78 is 6.79. The van der Waals surface area contributed by atoms with E-state index in [4.69, 9.17) is 14.4 Å². The van der Waals surface area contributed by atoms with Gasteiger partial charge in [0.25, 0.3) is 0 Å². The van der Waals surface area contributed by atoms with Crippen LogP contribution in [0.1, 0.15) is 0 Å². The van der Waals surface area contributed by atoms with Crippen molar-refractivity contribution in [2.45, 2.75) is 13.1 Å². The van der Waals surface area contributed by atoms with Crippen LogP contribution in [-0.2, 0) is 0 Å². The predicted molar refractivity (Wildman–Crippen MR) is 247 cm³/mol. The molecule has 1 aliphatic heterocycles. The number of fused-ring (bicyclic) bond motifs is 6. The van der Waals surface area contributed by atoms with Crippen molar-refractivity contribution in [1.29, 1.82) is 0 Å². The largest absolute Gasteiger partial charge is 0.436 e. The number of hydrogen-bond donors (Lipinski definition) is 0. The average molecular weight is 778 g/mol. The van der Waals surface area contributed by atoms with Crippen molar-refractivity contribution >= 4 is 97.6 Å². The van der Waals surface area contributed by atoms with Gasteiger partial charge in [-0.15, -0.1) is 0 Å². The fourth-order valence-corrected chi connectivity index (χ4v) is 17.2. The molecular weight excluding hydrogens is 739 g/mol. The van der Waals surface area contributed by atoms with Crippen LogP contribution in [0.5, 0.6) is 0 Å². The van der Waals surface area contributed by atoms with E-state index < -0.39 is 16.1 Å². The molecule has 6 heteroatoms. The van der Waals surface area contributed by atoms with Crippen LogP contribution in [0.2, 0.25) is 13.1 Å². The maximum absolute atomic E-state index is 6.79. The number of para-hydroxylation sites is 4. The summed E-state index contributed by atoms with van der Waals surface area (Å²) in [7, 11) is -4.70. The van der Waals surface area contributed by atoms with Gasteiger partial charge in [-0.3, -0.25) is 0 Å². The Morgan fingerprint density at radius 2 is 0.948 bits per heavy atom. The fourth-order valence-electron chi connectivity index (χ4n) is 9.48. The van der Waals surface area contributed by atoms with E-state index in [0.717, 1.165) is 44.3 Å². The lowest BCUT2D eigenvalue weighted by Crippen LogP contribution is -2.74. The maximum Gasteiger partial charge on any atom is 0.246 e. The van der Waals surface area contributed by atoms with Crippen LogP contribution < -0.4 is 36.0 Å². The van der Waals surface area contributed by atoms with Gasteiger partial charge in [-0.1, -0.05) is 177 Å². The van der Waals surface area contributed by atoms with E-state index in [0.29, 0.717) is 5.71 Å². The third kappa shape index (κ3) is 5.19. The van der Waals surface area contributed by atoms with Crippen LogP contribution in [0.15, 0.2) is 205 Å². The molecule has 0 saturated carbocycles. The molecular formula is C52H39N3OSi2. The minimum atomic E-state index is -2.71. The van der Waals surface area contributed by atoms with Gasteiger partial charge in [-0.25, -0.2) is 9.97 Å². The first-order valence-corrected chi connectivity index (χ1v) is 24.9. The molecule has 0 atom stereocenters. The number of anilines is 3. The Morgan fingerprint density at radius 1 is 0.483 bits per heavy atom. The number of benzene rings is 8. The molecule has 10 aromatic rings. The van der Waals surface area contributed by atoms with Crippen molar-refractivity contribution in [3.63, 3.8) is 0 Å². The van der Waals surface area contributed by atoms with Gasteiger partial charge < -0.3 is 9.32 Å². The fraction of sp³-hybridized carbons (Fsp3) is 0.0385. The Morgan fingerprint density at radius 3 is 1.50 bits per heavy atom. The van der Waals surface area contributed by atoms with Crippen LogP contribution in [0.4, 0.5) is 17.1 Å². The molecule has 1 aliphatic rings. The lowest BCUT2D eigenvalue weighted by molar-refractivity contribution is 0.656. The van der Waals surface area contributed by atoms with Gasteiger partial charge in [0, 0.05) is 22.6 Å². The lowest BCUT2D eigenvalue weighted by Gasteiger charge is -2.41. The summed E-state index contributed by atoms with van der Waals surface area (Å²) in [5, 5.41) is 9.15. The standard InChI is InChI=1S/C52H39N3OSi2/c1-57(2)48-28-16-14-26-46(48)55(47-27-15-17-29-49(47)57)37-34-42(51-43(35-37)50-52(56-51)54-45-25-13-12-24-44(45)53-50)36-30-32-41(33-31-36)58(38-18-6-3-7-19-38,39-20-8-4-9-21-39)40-22-10-5-11-23-40/h3-35H,1-2H3. The third-order valence-electron chi connectivity index (χ3n) is 12.2. The highest BCUT2D eigenvalue weighted by atomic mass is 28.3. The molecule has 3 heterocycles. The average Bonchev–Trinajstić information content (AvgIpc) is 3.64. The monoisotopic (exact) mass is 777 g/mol. The minimum absolute atomic E-state index is 0.542. The van der Waals surface area contributed by atoms with Crippen molar-refractivity contribution in [1.82, 2.24) is 9.97 Å². The van der Waals surface area contributed by atoms with E-state index >= 15 is 0 Å². The highest BCUT2D eigenvalue weighted by Crippen LogP contribution is 2.44. The van der Waals surface area contributed by atoms with Crippen molar-refractivity contribution in [2.75, 3.05) is 4.90 Å². The number of rotatable bonds is 6. The maximum atomic E-state index is 6.79. The molecule has 4 nitrogen and oxygen atoms in total. The first-order chi connectivity index (χ1) is 28.5. The second-order valence-electron chi connectivity index (χ2n) is 15.8. The summed E-state index contributed by atoms with van der Waals surface area (Å²) >= 11 is 0. The van der Waals surface area contributed by atoms with E-state index in [-0.39, 0.29) is 0 Å². The normalized spacial score (nSPS) is 13.4. The molecule has 0 unspecified atom stereocenters. The van der Waals surface area contributed by atoms with Gasteiger partial charge in [0.15, 0.2) is 8.07 Å². The zero-order chi connectivity index (χ0) is 38.8. The van der Waals surface area contributed by atoms with Crippen molar-refractivity contribution in [3.8, 4) is 11.1 Å². The smallest absolute Gasteiger partial charge is 0.246 e. The number of hydrogen-bond acceptors (Lipinski definition) is 4. The molecule has 11 rings (SSSR count). The van der Waals surface area contributed by atoms with Gasteiger partial charge in [0.1, 0.15) is 19.2 Å². The van der Waals surface area contributed by atoms with Crippen molar-refractivity contribution in [3.05, 3.63) is 200 Å². The van der Waals surface area contributed by atoms with E-state index in [1.807, 2.05) is 24.3 Å². The highest BCUT2D eigenvalue weighted by molar-refractivity contribution is 7.19. The molecule has 2 aromatic heterocycles. The molecule has 0 saturated heterocycles. The van der Waals surface area contributed by atoms with Crippen LogP contribution in [0.25, 0.3) is 44.4 Å². The quantitative estimate of drug-likeness (QED) is 0.125. The molecule has 0 bridgehead atoms. The minimum Gasteiger partial charge on any atom is -0.436 e. The van der Waals surface area contributed by atoms with Crippen LogP contribution >= 0.6 is 0 Å². The number of nitrogens with zero attached hydrogens (tertiary/aromatic N) is 3. The summed E-state index contributed by atoms with van der Waals surface area (Å²) in [5.41, 5.74) is 9.36. The molecule has 0 fully saturated rings. The highest BCUT2D eigenvalue weighted by Gasteiger charge is 2.42. The number of aromatic nitrogens is 2. The predicted octanol–water partition coefficient (Wildman–Crippen LogP) is 9.18. The zero-order valence-corrected chi connectivity index (χ0v) is 34.3. The van der Waals surface area contributed by atoms with Gasteiger partial charge in [0.2, 0.25) is 5.71 Å². The van der Waals surface area contributed by atoms with E-state index in [1.165, 1.54) is 42.5 Å². The molecule has 0 N–H and O–H groups in total. The molecule has 0 aliphatic carbocycles. The second kappa shape index (κ2) is 13.4. The Labute approximate surface area is 339 Å². The topological polar surface area (TPSA) is 42.2 Å². The van der Waals surface area contributed by atoms with Crippen LogP contribution in [-0.4, -0.2) is 26.1 Å². The molecule has 0 spiro atoms. The Hall–Kier alpha value is -6.87. The SMILES string of the molecule is C[Si]1(C)c2ccccc2N(c2cc(-c3ccc([Si](c4ccccc4)(c4ccccc4)c4ccccc4)cc3)c3oc4nc5ccccc5nc4c3c2)c2ccccc21.